The molecule has 3 aromatic rings. The van der Waals surface area contributed by atoms with Crippen molar-refractivity contribution in [2.75, 3.05) is 5.32 Å². The average molecular weight is 414 g/mol. The van der Waals surface area contributed by atoms with Gasteiger partial charge in [-0.05, 0) is 107 Å². The van der Waals surface area contributed by atoms with Crippen molar-refractivity contribution in [3.63, 3.8) is 0 Å². The number of nitrogens with one attached hydrogen (secondary N) is 1. The molecule has 2 atom stereocenters. The van der Waals surface area contributed by atoms with Gasteiger partial charge in [0.05, 0.1) is 11.0 Å². The summed E-state index contributed by atoms with van der Waals surface area (Å²) in [5.41, 5.74) is 9.29. The molecule has 162 valence electrons. The monoisotopic (exact) mass is 413 g/mol. The quantitative estimate of drug-likeness (QED) is 0.490. The number of hydrogen-bond acceptors (Lipinski definition) is 2. The van der Waals surface area contributed by atoms with Crippen LogP contribution >= 0.6 is 0 Å². The van der Waals surface area contributed by atoms with Gasteiger partial charge in [0.25, 0.3) is 0 Å². The van der Waals surface area contributed by atoms with Gasteiger partial charge in [0, 0.05) is 17.1 Å². The van der Waals surface area contributed by atoms with Gasteiger partial charge in [-0.2, -0.15) is 0 Å². The van der Waals surface area contributed by atoms with Crippen LogP contribution in [0.15, 0.2) is 30.3 Å². The summed E-state index contributed by atoms with van der Waals surface area (Å²) in [7, 11) is 0. The second kappa shape index (κ2) is 6.60. The van der Waals surface area contributed by atoms with E-state index in [4.69, 9.17) is 4.98 Å². The zero-order chi connectivity index (χ0) is 21.5. The molecule has 3 nitrogen and oxygen atoms in total. The summed E-state index contributed by atoms with van der Waals surface area (Å²) in [5.74, 6) is 3.82. The standard InChI is InChI=1S/C28H35N3/c1-16(2)31-24-8-6-7-23(25-18(4)9-17(3)10-19(25)5)26(24)29-27(31)30-28-14-20-11-21(15-28)13-22(28)12-20/h6-10,16,20-22H,11-15H2,1-5H3,(H,29,30). The summed E-state index contributed by atoms with van der Waals surface area (Å²) in [6, 6.07) is 11.7. The number of benzene rings is 2. The van der Waals surface area contributed by atoms with Gasteiger partial charge < -0.3 is 9.88 Å². The molecule has 0 spiro atoms. The lowest BCUT2D eigenvalue weighted by molar-refractivity contribution is 0.273. The highest BCUT2D eigenvalue weighted by Gasteiger charge is 2.58. The Bertz CT molecular complexity index is 1150. The first-order valence-corrected chi connectivity index (χ1v) is 12.2. The largest absolute Gasteiger partial charge is 0.350 e. The molecule has 0 radical (unpaired) electrons. The van der Waals surface area contributed by atoms with Gasteiger partial charge in [0.15, 0.2) is 0 Å². The van der Waals surface area contributed by atoms with E-state index in [-0.39, 0.29) is 5.54 Å². The first-order chi connectivity index (χ1) is 14.8. The highest BCUT2D eigenvalue weighted by Crippen LogP contribution is 2.61. The molecule has 4 aliphatic carbocycles. The van der Waals surface area contributed by atoms with Crippen molar-refractivity contribution < 1.29 is 0 Å². The van der Waals surface area contributed by atoms with Gasteiger partial charge in [-0.25, -0.2) is 4.98 Å². The molecule has 3 heteroatoms. The third-order valence-corrected chi connectivity index (χ3v) is 8.53. The molecule has 4 bridgehead atoms. The fraction of sp³-hybridized carbons (Fsp3) is 0.536. The van der Waals surface area contributed by atoms with Gasteiger partial charge in [0.1, 0.15) is 0 Å². The minimum Gasteiger partial charge on any atom is -0.350 e. The number of hydrogen-bond donors (Lipinski definition) is 1. The smallest absolute Gasteiger partial charge is 0.204 e. The van der Waals surface area contributed by atoms with Crippen molar-refractivity contribution in [2.24, 2.45) is 17.8 Å². The zero-order valence-electron chi connectivity index (χ0n) is 19.6. The Morgan fingerprint density at radius 2 is 1.68 bits per heavy atom. The van der Waals surface area contributed by atoms with Crippen LogP contribution in [0.3, 0.4) is 0 Å². The Morgan fingerprint density at radius 1 is 1.00 bits per heavy atom. The van der Waals surface area contributed by atoms with Crippen molar-refractivity contribution in [3.05, 3.63) is 47.0 Å². The Balaban J connectivity index is 1.51. The number of nitrogens with zero attached hydrogens (tertiary/aromatic N) is 2. The normalized spacial score (nSPS) is 28.9. The van der Waals surface area contributed by atoms with Crippen molar-refractivity contribution in [2.45, 2.75) is 78.3 Å². The topological polar surface area (TPSA) is 29.9 Å². The maximum absolute atomic E-state index is 5.33. The fourth-order valence-electron chi connectivity index (χ4n) is 7.76. The molecule has 0 amide bonds. The Labute approximate surface area is 186 Å². The van der Waals surface area contributed by atoms with Crippen LogP contribution in [0.1, 0.15) is 68.7 Å². The molecule has 7 rings (SSSR count). The van der Waals surface area contributed by atoms with E-state index in [0.29, 0.717) is 6.04 Å². The molecule has 1 N–H and O–H groups in total. The third kappa shape index (κ3) is 2.81. The maximum atomic E-state index is 5.33. The molecule has 31 heavy (non-hydrogen) atoms. The zero-order valence-corrected chi connectivity index (χ0v) is 19.6. The van der Waals surface area contributed by atoms with E-state index in [0.717, 1.165) is 29.2 Å². The summed E-state index contributed by atoms with van der Waals surface area (Å²) in [6.07, 6.45) is 7.02. The van der Waals surface area contributed by atoms with Crippen molar-refractivity contribution in [1.82, 2.24) is 9.55 Å². The van der Waals surface area contributed by atoms with Crippen LogP contribution in [0.2, 0.25) is 0 Å². The molecular weight excluding hydrogens is 378 g/mol. The minimum atomic E-state index is 0.289. The van der Waals surface area contributed by atoms with E-state index in [9.17, 15) is 0 Å². The molecule has 1 aromatic heterocycles. The van der Waals surface area contributed by atoms with Crippen LogP contribution in [0.25, 0.3) is 22.2 Å². The molecule has 0 aliphatic heterocycles. The maximum Gasteiger partial charge on any atom is 0.204 e. The fourth-order valence-corrected chi connectivity index (χ4v) is 7.76. The number of aryl methyl sites for hydroxylation is 3. The summed E-state index contributed by atoms with van der Waals surface area (Å²) in [4.78, 5) is 5.33. The van der Waals surface area contributed by atoms with Crippen LogP contribution in [0.5, 0.6) is 0 Å². The van der Waals surface area contributed by atoms with Gasteiger partial charge in [0.2, 0.25) is 5.95 Å². The van der Waals surface area contributed by atoms with E-state index < -0.39 is 0 Å². The number of fused-ring (bicyclic) bond motifs is 1. The third-order valence-electron chi connectivity index (χ3n) is 8.53. The van der Waals surface area contributed by atoms with Crippen molar-refractivity contribution in [3.8, 4) is 11.1 Å². The lowest BCUT2D eigenvalue weighted by atomic mass is 9.80. The Morgan fingerprint density at radius 3 is 2.32 bits per heavy atom. The molecule has 2 unspecified atom stereocenters. The van der Waals surface area contributed by atoms with Crippen molar-refractivity contribution >= 4 is 17.0 Å². The van der Waals surface area contributed by atoms with Crippen LogP contribution in [-0.4, -0.2) is 15.1 Å². The number of para-hydroxylation sites is 1. The predicted octanol–water partition coefficient (Wildman–Crippen LogP) is 7.20. The number of rotatable bonds is 4. The molecule has 0 saturated heterocycles. The van der Waals surface area contributed by atoms with Crippen LogP contribution < -0.4 is 5.32 Å². The number of imidazole rings is 1. The van der Waals surface area contributed by atoms with Gasteiger partial charge in [-0.15, -0.1) is 0 Å². The predicted molar refractivity (Wildman–Crippen MR) is 130 cm³/mol. The van der Waals surface area contributed by atoms with Gasteiger partial charge in [-0.1, -0.05) is 29.8 Å². The lowest BCUT2D eigenvalue weighted by Gasteiger charge is -2.34. The summed E-state index contributed by atoms with van der Waals surface area (Å²) in [5, 5.41) is 4.09. The first-order valence-electron chi connectivity index (χ1n) is 12.2. The number of aromatic nitrogens is 2. The minimum absolute atomic E-state index is 0.289. The highest BCUT2D eigenvalue weighted by atomic mass is 15.3. The van der Waals surface area contributed by atoms with E-state index >= 15 is 0 Å². The summed E-state index contributed by atoms with van der Waals surface area (Å²) < 4.78 is 2.45. The molecule has 4 saturated carbocycles. The van der Waals surface area contributed by atoms with E-state index in [1.54, 1.807) is 0 Å². The van der Waals surface area contributed by atoms with E-state index in [2.05, 4.69) is 74.8 Å². The summed E-state index contributed by atoms with van der Waals surface area (Å²) >= 11 is 0. The van der Waals surface area contributed by atoms with Crippen LogP contribution in [0, 0.1) is 38.5 Å². The average Bonchev–Trinajstić information content (AvgIpc) is 3.24. The summed E-state index contributed by atoms with van der Waals surface area (Å²) in [6.45, 7) is 11.2. The Kier molecular flexibility index (Phi) is 4.13. The number of anilines is 1. The second-order valence-electron chi connectivity index (χ2n) is 11.2. The van der Waals surface area contributed by atoms with Gasteiger partial charge in [-0.3, -0.25) is 0 Å². The van der Waals surface area contributed by atoms with Gasteiger partial charge >= 0.3 is 0 Å². The first kappa shape index (κ1) is 19.4. The SMILES string of the molecule is Cc1cc(C)c(-c2cccc3c2nc(NC24CC5CC(CC2C5)C4)n3C(C)C)c(C)c1. The molecule has 4 fully saturated rings. The van der Waals surface area contributed by atoms with Crippen LogP contribution in [-0.2, 0) is 0 Å². The molecule has 4 aliphatic rings. The van der Waals surface area contributed by atoms with Crippen LogP contribution in [0.4, 0.5) is 5.95 Å². The highest BCUT2D eigenvalue weighted by molar-refractivity contribution is 5.95. The van der Waals surface area contributed by atoms with E-state index in [1.807, 2.05) is 0 Å². The van der Waals surface area contributed by atoms with Crippen molar-refractivity contribution in [1.29, 1.82) is 0 Å². The lowest BCUT2D eigenvalue weighted by Crippen LogP contribution is -2.40. The second-order valence-corrected chi connectivity index (χ2v) is 11.2. The molecular formula is C28H35N3. The molecule has 2 aromatic carbocycles. The molecule has 1 heterocycles. The Hall–Kier alpha value is -2.29. The van der Waals surface area contributed by atoms with E-state index in [1.165, 1.54) is 65.4 Å².